The largest absolute Gasteiger partial charge is 0.478 e. The molecule has 0 unspecified atom stereocenters. The fourth-order valence-electron chi connectivity index (χ4n) is 3.02. The number of carboxylic acid groups (broad SMARTS) is 1. The highest BCUT2D eigenvalue weighted by Gasteiger charge is 2.41. The molecule has 28 heavy (non-hydrogen) atoms. The van der Waals surface area contributed by atoms with Crippen LogP contribution in [-0.2, 0) is 9.59 Å². The van der Waals surface area contributed by atoms with E-state index in [1.165, 1.54) is 23.1 Å². The van der Waals surface area contributed by atoms with Crippen molar-refractivity contribution in [2.24, 2.45) is 0 Å². The Morgan fingerprint density at radius 2 is 1.82 bits per heavy atom. The minimum atomic E-state index is -1.17. The third-order valence-corrected chi connectivity index (χ3v) is 4.71. The van der Waals surface area contributed by atoms with Crippen LogP contribution in [0, 0.1) is 13.8 Å². The van der Waals surface area contributed by atoms with E-state index in [1.807, 2.05) is 26.0 Å². The average molecular weight is 382 g/mol. The van der Waals surface area contributed by atoms with Gasteiger partial charge in [0, 0.05) is 5.69 Å². The number of carboxylic acids is 1. The maximum Gasteiger partial charge on any atom is 0.335 e. The number of nitrogens with one attached hydrogen (secondary N) is 1. The molecule has 7 nitrogen and oxygen atoms in total. The molecule has 0 fully saturated rings. The van der Waals surface area contributed by atoms with Crippen molar-refractivity contribution in [1.29, 1.82) is 0 Å². The SMILES string of the molecule is Cc1ccc(NC(=O)CN2C(=O)C(C)(C)Oc3ccc(C(=O)O)cc32)cc1C. The van der Waals surface area contributed by atoms with Crippen molar-refractivity contribution in [3.05, 3.63) is 53.1 Å². The molecule has 3 rings (SSSR count). The van der Waals surface area contributed by atoms with Crippen LogP contribution in [0.1, 0.15) is 35.3 Å². The van der Waals surface area contributed by atoms with Crippen molar-refractivity contribution in [1.82, 2.24) is 0 Å². The molecule has 2 aromatic rings. The van der Waals surface area contributed by atoms with Gasteiger partial charge in [-0.15, -0.1) is 0 Å². The highest BCUT2D eigenvalue weighted by Crippen LogP contribution is 2.38. The van der Waals surface area contributed by atoms with Crippen molar-refractivity contribution in [3.63, 3.8) is 0 Å². The summed E-state index contributed by atoms with van der Waals surface area (Å²) in [4.78, 5) is 38.0. The number of hydrogen-bond acceptors (Lipinski definition) is 4. The lowest BCUT2D eigenvalue weighted by Crippen LogP contribution is -2.54. The summed E-state index contributed by atoms with van der Waals surface area (Å²) in [5.74, 6) is -1.58. The quantitative estimate of drug-likeness (QED) is 0.847. The standard InChI is InChI=1S/C21H22N2O5/c1-12-5-7-15(9-13(12)2)22-18(24)11-23-16-10-14(19(25)26)6-8-17(16)28-21(3,4)20(23)27/h5-10H,11H2,1-4H3,(H,22,24)(H,25,26). The molecule has 2 N–H and O–H groups in total. The van der Waals surface area contributed by atoms with Crippen LogP contribution in [-0.4, -0.2) is 35.0 Å². The number of carbonyl (C=O) groups is 3. The van der Waals surface area contributed by atoms with Gasteiger partial charge in [0.25, 0.3) is 5.91 Å². The Hall–Kier alpha value is -3.35. The van der Waals surface area contributed by atoms with Gasteiger partial charge in [0.2, 0.25) is 5.91 Å². The first-order valence-corrected chi connectivity index (χ1v) is 8.84. The van der Waals surface area contributed by atoms with Crippen molar-refractivity contribution >= 4 is 29.2 Å². The Kier molecular flexibility index (Phi) is 4.85. The highest BCUT2D eigenvalue weighted by molar-refractivity contribution is 6.08. The van der Waals surface area contributed by atoms with Gasteiger partial charge in [-0.2, -0.15) is 0 Å². The Morgan fingerprint density at radius 3 is 2.46 bits per heavy atom. The van der Waals surface area contributed by atoms with Crippen LogP contribution >= 0.6 is 0 Å². The maximum absolute atomic E-state index is 12.9. The fraction of sp³-hybridized carbons (Fsp3) is 0.286. The zero-order chi connectivity index (χ0) is 20.6. The fourth-order valence-corrected chi connectivity index (χ4v) is 3.02. The summed E-state index contributed by atoms with van der Waals surface area (Å²) in [6.07, 6.45) is 0. The third-order valence-electron chi connectivity index (χ3n) is 4.71. The van der Waals surface area contributed by atoms with Crippen LogP contribution < -0.4 is 15.0 Å². The number of nitrogens with zero attached hydrogens (tertiary/aromatic N) is 1. The van der Waals surface area contributed by atoms with Crippen LogP contribution in [0.4, 0.5) is 11.4 Å². The predicted octanol–water partition coefficient (Wildman–Crippen LogP) is 3.14. The number of anilines is 2. The summed E-state index contributed by atoms with van der Waals surface area (Å²) in [6.45, 7) is 6.89. The van der Waals surface area contributed by atoms with E-state index in [0.717, 1.165) is 11.1 Å². The summed E-state index contributed by atoms with van der Waals surface area (Å²) >= 11 is 0. The smallest absolute Gasteiger partial charge is 0.335 e. The monoisotopic (exact) mass is 382 g/mol. The van der Waals surface area contributed by atoms with E-state index in [2.05, 4.69) is 5.32 Å². The van der Waals surface area contributed by atoms with Gasteiger partial charge in [0.05, 0.1) is 11.3 Å². The summed E-state index contributed by atoms with van der Waals surface area (Å²) in [7, 11) is 0. The molecule has 0 aliphatic carbocycles. The molecule has 0 aromatic heterocycles. The molecule has 0 saturated carbocycles. The van der Waals surface area contributed by atoms with Gasteiger partial charge in [0.1, 0.15) is 12.3 Å². The van der Waals surface area contributed by atoms with Gasteiger partial charge in [-0.3, -0.25) is 14.5 Å². The zero-order valence-corrected chi connectivity index (χ0v) is 16.2. The molecule has 1 heterocycles. The van der Waals surface area contributed by atoms with Gasteiger partial charge in [-0.25, -0.2) is 4.79 Å². The molecule has 0 spiro atoms. The van der Waals surface area contributed by atoms with Crippen LogP contribution in [0.3, 0.4) is 0 Å². The molecule has 1 aliphatic rings. The molecule has 146 valence electrons. The molecule has 0 saturated heterocycles. The molecule has 0 radical (unpaired) electrons. The lowest BCUT2D eigenvalue weighted by atomic mass is 10.0. The summed E-state index contributed by atoms with van der Waals surface area (Å²) in [5.41, 5.74) is 1.89. The molecule has 2 amide bonds. The minimum Gasteiger partial charge on any atom is -0.478 e. The molecule has 7 heteroatoms. The Morgan fingerprint density at radius 1 is 1.11 bits per heavy atom. The number of fused-ring (bicyclic) bond motifs is 1. The first-order valence-electron chi connectivity index (χ1n) is 8.84. The second-order valence-electron chi connectivity index (χ2n) is 7.34. The highest BCUT2D eigenvalue weighted by atomic mass is 16.5. The Labute approximate surface area is 162 Å². The van der Waals surface area contributed by atoms with E-state index in [-0.39, 0.29) is 23.7 Å². The van der Waals surface area contributed by atoms with E-state index in [1.54, 1.807) is 19.9 Å². The number of carbonyl (C=O) groups excluding carboxylic acids is 2. The van der Waals surface area contributed by atoms with Crippen LogP contribution in [0.2, 0.25) is 0 Å². The number of benzene rings is 2. The summed E-state index contributed by atoms with van der Waals surface area (Å²) in [6, 6.07) is 9.80. The van der Waals surface area contributed by atoms with Crippen molar-refractivity contribution in [2.75, 3.05) is 16.8 Å². The predicted molar refractivity (Wildman–Crippen MR) is 105 cm³/mol. The van der Waals surface area contributed by atoms with Gasteiger partial charge in [0.15, 0.2) is 5.60 Å². The minimum absolute atomic E-state index is 0.00873. The second kappa shape index (κ2) is 6.99. The normalized spacial score (nSPS) is 14.9. The zero-order valence-electron chi connectivity index (χ0n) is 16.2. The van der Waals surface area contributed by atoms with E-state index in [0.29, 0.717) is 11.4 Å². The van der Waals surface area contributed by atoms with Crippen molar-refractivity contribution in [2.45, 2.75) is 33.3 Å². The van der Waals surface area contributed by atoms with E-state index in [4.69, 9.17) is 4.74 Å². The number of hydrogen-bond donors (Lipinski definition) is 2. The molecule has 0 atom stereocenters. The maximum atomic E-state index is 12.9. The van der Waals surface area contributed by atoms with Gasteiger partial charge >= 0.3 is 5.97 Å². The van der Waals surface area contributed by atoms with Crippen molar-refractivity contribution < 1.29 is 24.2 Å². The lowest BCUT2D eigenvalue weighted by Gasteiger charge is -2.38. The Bertz CT molecular complexity index is 981. The van der Waals surface area contributed by atoms with Crippen LogP contribution in [0.5, 0.6) is 5.75 Å². The van der Waals surface area contributed by atoms with Crippen LogP contribution in [0.25, 0.3) is 0 Å². The van der Waals surface area contributed by atoms with Gasteiger partial charge < -0.3 is 15.2 Å². The molecule has 0 bridgehead atoms. The first kappa shape index (κ1) is 19.4. The lowest BCUT2D eigenvalue weighted by molar-refractivity contribution is -0.133. The molecule has 2 aromatic carbocycles. The van der Waals surface area contributed by atoms with Crippen LogP contribution in [0.15, 0.2) is 36.4 Å². The van der Waals surface area contributed by atoms with E-state index >= 15 is 0 Å². The number of aromatic carboxylic acids is 1. The van der Waals surface area contributed by atoms with E-state index < -0.39 is 17.5 Å². The Balaban J connectivity index is 1.90. The summed E-state index contributed by atoms with van der Waals surface area (Å²) in [5, 5.41) is 12.0. The topological polar surface area (TPSA) is 95.9 Å². The van der Waals surface area contributed by atoms with E-state index in [9.17, 15) is 19.5 Å². The van der Waals surface area contributed by atoms with Gasteiger partial charge in [-0.05, 0) is 69.2 Å². The second-order valence-corrected chi connectivity index (χ2v) is 7.34. The average Bonchev–Trinajstić information content (AvgIpc) is 2.61. The van der Waals surface area contributed by atoms with Crippen molar-refractivity contribution in [3.8, 4) is 5.75 Å². The number of amides is 2. The molecule has 1 aliphatic heterocycles. The third kappa shape index (κ3) is 3.69. The number of aryl methyl sites for hydroxylation is 2. The van der Waals surface area contributed by atoms with Gasteiger partial charge in [-0.1, -0.05) is 6.07 Å². The summed E-state index contributed by atoms with van der Waals surface area (Å²) < 4.78 is 5.71. The number of ether oxygens (including phenoxy) is 1. The molecular formula is C21H22N2O5. The first-order chi connectivity index (χ1) is 13.1. The number of rotatable bonds is 4. The molecular weight excluding hydrogens is 360 g/mol.